The molecule has 1 aliphatic rings. The first-order chi connectivity index (χ1) is 12.2. The van der Waals surface area contributed by atoms with Crippen molar-refractivity contribution in [1.82, 2.24) is 9.80 Å². The van der Waals surface area contributed by atoms with Crippen molar-refractivity contribution in [2.75, 3.05) is 26.2 Å². The molecule has 2 aromatic rings. The molecule has 0 aromatic heterocycles. The molecule has 1 N–H and O–H groups in total. The van der Waals surface area contributed by atoms with Gasteiger partial charge in [0.1, 0.15) is 0 Å². The number of hydrogen-bond acceptors (Lipinski definition) is 3. The highest BCUT2D eigenvalue weighted by Gasteiger charge is 2.26. The summed E-state index contributed by atoms with van der Waals surface area (Å²) < 4.78 is 26.5. The monoisotopic (exact) mass is 346 g/mol. The van der Waals surface area contributed by atoms with E-state index >= 15 is 0 Å². The summed E-state index contributed by atoms with van der Waals surface area (Å²) in [6.07, 6.45) is 0.709. The predicted octanol–water partition coefficient (Wildman–Crippen LogP) is 3.03. The summed E-state index contributed by atoms with van der Waals surface area (Å²) in [5.74, 6) is -1.61. The molecule has 3 nitrogen and oxygen atoms in total. The van der Waals surface area contributed by atoms with Gasteiger partial charge in [-0.3, -0.25) is 9.80 Å². The van der Waals surface area contributed by atoms with Gasteiger partial charge in [0.25, 0.3) is 0 Å². The molecule has 0 bridgehead atoms. The van der Waals surface area contributed by atoms with Gasteiger partial charge in [0.15, 0.2) is 11.6 Å². The molecular formula is C20H24F2N2O. The van der Waals surface area contributed by atoms with Crippen molar-refractivity contribution in [2.45, 2.75) is 25.6 Å². The first kappa shape index (κ1) is 18.0. The lowest BCUT2D eigenvalue weighted by molar-refractivity contribution is 0.0499. The molecular weight excluding hydrogens is 322 g/mol. The molecule has 5 heteroatoms. The topological polar surface area (TPSA) is 26.7 Å². The molecule has 1 aliphatic heterocycles. The van der Waals surface area contributed by atoms with Crippen LogP contribution in [0.15, 0.2) is 48.5 Å². The summed E-state index contributed by atoms with van der Waals surface area (Å²) in [5, 5.41) is 9.41. The van der Waals surface area contributed by atoms with Crippen LogP contribution < -0.4 is 0 Å². The van der Waals surface area contributed by atoms with E-state index in [1.807, 2.05) is 18.2 Å². The predicted molar refractivity (Wildman–Crippen MR) is 94.0 cm³/mol. The minimum absolute atomic E-state index is 0.148. The van der Waals surface area contributed by atoms with Crippen molar-refractivity contribution in [3.05, 3.63) is 71.3 Å². The van der Waals surface area contributed by atoms with E-state index in [2.05, 4.69) is 21.9 Å². The second-order valence-electron chi connectivity index (χ2n) is 6.61. The Morgan fingerprint density at radius 1 is 0.920 bits per heavy atom. The number of halogens is 2. The summed E-state index contributed by atoms with van der Waals surface area (Å²) in [6, 6.07) is 14.7. The average Bonchev–Trinajstić information content (AvgIpc) is 2.62. The number of nitrogens with zero attached hydrogens (tertiary/aromatic N) is 2. The second kappa shape index (κ2) is 8.52. The summed E-state index contributed by atoms with van der Waals surface area (Å²) in [7, 11) is 0. The van der Waals surface area contributed by atoms with Gasteiger partial charge >= 0.3 is 0 Å². The van der Waals surface area contributed by atoms with Crippen LogP contribution in [0.1, 0.15) is 17.5 Å². The zero-order valence-corrected chi connectivity index (χ0v) is 14.2. The fraction of sp³-hybridized carbons (Fsp3) is 0.400. The molecule has 2 aromatic carbocycles. The van der Waals surface area contributed by atoms with Crippen LogP contribution in [0.4, 0.5) is 8.78 Å². The van der Waals surface area contributed by atoms with Crippen LogP contribution in [0.25, 0.3) is 0 Å². The van der Waals surface area contributed by atoms with Crippen molar-refractivity contribution in [1.29, 1.82) is 0 Å². The van der Waals surface area contributed by atoms with E-state index in [4.69, 9.17) is 0 Å². The Bertz CT molecular complexity index is 681. The standard InChI is InChI=1S/C20H24F2N2O/c21-19-7-6-17(12-20(19)22)13-23-9-10-24(18(15-23)8-11-25)14-16-4-2-1-3-5-16/h1-7,12,18,25H,8-11,13-15H2/t18-/m0/s1. The van der Waals surface area contributed by atoms with Crippen molar-refractivity contribution in [3.8, 4) is 0 Å². The van der Waals surface area contributed by atoms with Gasteiger partial charge < -0.3 is 5.11 Å². The van der Waals surface area contributed by atoms with Crippen molar-refractivity contribution in [2.24, 2.45) is 0 Å². The lowest BCUT2D eigenvalue weighted by atomic mass is 10.1. The Balaban J connectivity index is 1.63. The quantitative estimate of drug-likeness (QED) is 0.871. The molecule has 0 amide bonds. The van der Waals surface area contributed by atoms with E-state index in [9.17, 15) is 13.9 Å². The van der Waals surface area contributed by atoms with Gasteiger partial charge in [0, 0.05) is 45.4 Å². The SMILES string of the molecule is OCC[C@H]1CN(Cc2ccc(F)c(F)c2)CCN1Cc1ccccc1. The van der Waals surface area contributed by atoms with Crippen LogP contribution in [0.3, 0.4) is 0 Å². The van der Waals surface area contributed by atoms with Gasteiger partial charge in [0.05, 0.1) is 0 Å². The summed E-state index contributed by atoms with van der Waals surface area (Å²) in [4.78, 5) is 4.64. The van der Waals surface area contributed by atoms with Gasteiger partial charge in [-0.25, -0.2) is 8.78 Å². The van der Waals surface area contributed by atoms with Crippen molar-refractivity contribution < 1.29 is 13.9 Å². The normalized spacial score (nSPS) is 19.2. The highest BCUT2D eigenvalue weighted by atomic mass is 19.2. The molecule has 1 atom stereocenters. The zero-order valence-electron chi connectivity index (χ0n) is 14.2. The van der Waals surface area contributed by atoms with E-state index in [-0.39, 0.29) is 12.6 Å². The Hall–Kier alpha value is -1.82. The minimum atomic E-state index is -0.811. The maximum atomic E-state index is 13.4. The van der Waals surface area contributed by atoms with E-state index in [1.54, 1.807) is 6.07 Å². The molecule has 0 aliphatic carbocycles. The third-order valence-corrected chi connectivity index (χ3v) is 4.77. The molecule has 134 valence electrons. The second-order valence-corrected chi connectivity index (χ2v) is 6.61. The Labute approximate surface area is 147 Å². The molecule has 1 saturated heterocycles. The smallest absolute Gasteiger partial charge is 0.159 e. The van der Waals surface area contributed by atoms with Crippen LogP contribution in [0, 0.1) is 11.6 Å². The first-order valence-electron chi connectivity index (χ1n) is 8.71. The van der Waals surface area contributed by atoms with Crippen LogP contribution in [-0.2, 0) is 13.1 Å². The minimum Gasteiger partial charge on any atom is -0.396 e. The lowest BCUT2D eigenvalue weighted by Gasteiger charge is -2.41. The molecule has 25 heavy (non-hydrogen) atoms. The molecule has 0 radical (unpaired) electrons. The largest absolute Gasteiger partial charge is 0.396 e. The summed E-state index contributed by atoms with van der Waals surface area (Å²) >= 11 is 0. The van der Waals surface area contributed by atoms with Gasteiger partial charge in [-0.2, -0.15) is 0 Å². The number of aliphatic hydroxyl groups excluding tert-OH is 1. The van der Waals surface area contributed by atoms with E-state index in [1.165, 1.54) is 17.7 Å². The van der Waals surface area contributed by atoms with Gasteiger partial charge in [-0.05, 0) is 29.7 Å². The molecule has 0 saturated carbocycles. The van der Waals surface area contributed by atoms with Crippen LogP contribution >= 0.6 is 0 Å². The van der Waals surface area contributed by atoms with E-state index in [0.717, 1.165) is 31.7 Å². The number of rotatable bonds is 6. The lowest BCUT2D eigenvalue weighted by Crippen LogP contribution is -2.52. The fourth-order valence-corrected chi connectivity index (χ4v) is 3.45. The Morgan fingerprint density at radius 3 is 2.44 bits per heavy atom. The van der Waals surface area contributed by atoms with Gasteiger partial charge in [0.2, 0.25) is 0 Å². The number of piperazine rings is 1. The molecule has 1 fully saturated rings. The third kappa shape index (κ3) is 4.84. The van der Waals surface area contributed by atoms with Crippen molar-refractivity contribution >= 4 is 0 Å². The maximum absolute atomic E-state index is 13.4. The molecule has 0 spiro atoms. The Kier molecular flexibility index (Phi) is 6.13. The maximum Gasteiger partial charge on any atom is 0.159 e. The van der Waals surface area contributed by atoms with E-state index in [0.29, 0.717) is 13.0 Å². The van der Waals surface area contributed by atoms with Gasteiger partial charge in [-0.15, -0.1) is 0 Å². The average molecular weight is 346 g/mol. The third-order valence-electron chi connectivity index (χ3n) is 4.77. The molecule has 0 unspecified atom stereocenters. The van der Waals surface area contributed by atoms with Crippen LogP contribution in [-0.4, -0.2) is 47.2 Å². The Morgan fingerprint density at radius 2 is 1.72 bits per heavy atom. The molecule has 1 heterocycles. The van der Waals surface area contributed by atoms with E-state index < -0.39 is 11.6 Å². The summed E-state index contributed by atoms with van der Waals surface area (Å²) in [6.45, 7) is 4.18. The van der Waals surface area contributed by atoms with Crippen LogP contribution in [0.2, 0.25) is 0 Å². The number of hydrogen-bond donors (Lipinski definition) is 1. The van der Waals surface area contributed by atoms with Crippen molar-refractivity contribution in [3.63, 3.8) is 0 Å². The fourth-order valence-electron chi connectivity index (χ4n) is 3.45. The highest BCUT2D eigenvalue weighted by Crippen LogP contribution is 2.19. The summed E-state index contributed by atoms with van der Waals surface area (Å²) in [5.41, 5.74) is 2.04. The van der Waals surface area contributed by atoms with Crippen LogP contribution in [0.5, 0.6) is 0 Å². The highest BCUT2D eigenvalue weighted by molar-refractivity contribution is 5.18. The number of benzene rings is 2. The number of aliphatic hydroxyl groups is 1. The first-order valence-corrected chi connectivity index (χ1v) is 8.71. The zero-order chi connectivity index (χ0) is 17.6. The molecule has 3 rings (SSSR count). The van der Waals surface area contributed by atoms with Gasteiger partial charge in [-0.1, -0.05) is 36.4 Å².